The van der Waals surface area contributed by atoms with Gasteiger partial charge in [-0.05, 0) is 29.5 Å². The number of likely N-dealkylation sites (N-methyl/N-ethyl adjacent to an activating group) is 1. The van der Waals surface area contributed by atoms with Gasteiger partial charge in [-0.15, -0.1) is 0 Å². The molecule has 0 heterocycles. The average molecular weight is 315 g/mol. The molecule has 1 aliphatic carbocycles. The van der Waals surface area contributed by atoms with E-state index in [2.05, 4.69) is 31.3 Å². The summed E-state index contributed by atoms with van der Waals surface area (Å²) in [5, 5.41) is 2.64. The summed E-state index contributed by atoms with van der Waals surface area (Å²) in [6.07, 6.45) is 4.59. The summed E-state index contributed by atoms with van der Waals surface area (Å²) in [5.41, 5.74) is 2.97. The van der Waals surface area contributed by atoms with Gasteiger partial charge >= 0.3 is 0 Å². The maximum absolute atomic E-state index is 12.0. The highest BCUT2D eigenvalue weighted by molar-refractivity contribution is 5.82. The number of carbonyl (C=O) groups excluding carboxylic acids is 1. The van der Waals surface area contributed by atoms with E-state index in [1.54, 1.807) is 7.05 Å². The van der Waals surface area contributed by atoms with Gasteiger partial charge in [0.05, 0.1) is 5.76 Å². The van der Waals surface area contributed by atoms with Gasteiger partial charge in [0, 0.05) is 20.6 Å². The zero-order valence-corrected chi connectivity index (χ0v) is 14.3. The largest absolute Gasteiger partial charge is 0.493 e. The maximum atomic E-state index is 12.0. The van der Waals surface area contributed by atoms with Crippen LogP contribution in [0.3, 0.4) is 0 Å². The molecule has 2 atom stereocenters. The second kappa shape index (κ2) is 7.97. The molecule has 0 spiro atoms. The number of hydrogen-bond donors (Lipinski definition) is 1. The molecule has 1 aromatic rings. The summed E-state index contributed by atoms with van der Waals surface area (Å²) < 4.78 is 11.4. The van der Waals surface area contributed by atoms with Crippen LogP contribution < -0.4 is 5.32 Å². The van der Waals surface area contributed by atoms with Gasteiger partial charge in [0.25, 0.3) is 5.91 Å². The third-order valence-corrected chi connectivity index (χ3v) is 4.08. The molecule has 1 aliphatic rings. The Morgan fingerprint density at radius 3 is 2.83 bits per heavy atom. The number of benzene rings is 1. The highest BCUT2D eigenvalue weighted by Crippen LogP contribution is 2.27. The molecular weight excluding hydrogens is 290 g/mol. The second-order valence-electron chi connectivity index (χ2n) is 5.86. The fourth-order valence-corrected chi connectivity index (χ4v) is 2.69. The second-order valence-corrected chi connectivity index (χ2v) is 5.86. The van der Waals surface area contributed by atoms with Crippen LogP contribution in [-0.2, 0) is 20.9 Å². The van der Waals surface area contributed by atoms with E-state index < -0.39 is 6.10 Å². The number of nitrogens with one attached hydrogen (secondary N) is 1. The Bertz CT molecular complexity index is 619. The van der Waals surface area contributed by atoms with Crippen LogP contribution >= 0.6 is 0 Å². The fraction of sp³-hybridized carbons (Fsp3) is 0.421. The van der Waals surface area contributed by atoms with Crippen molar-refractivity contribution in [2.45, 2.75) is 33.0 Å². The number of amides is 1. The fourth-order valence-electron chi connectivity index (χ4n) is 2.69. The molecule has 0 fully saturated rings. The monoisotopic (exact) mass is 315 g/mol. The van der Waals surface area contributed by atoms with Crippen molar-refractivity contribution in [3.8, 4) is 0 Å². The first-order valence-corrected chi connectivity index (χ1v) is 7.89. The standard InChI is InChI=1S/C19H25NO3/c1-13-9-10-14(2)17(11-13)23-12-15-7-5-6-8-16(15)18(22-4)19(21)20-3/h5-10,13,18H,11-12H2,1-4H3,(H,20,21). The SMILES string of the molecule is CNC(=O)C(OC)c1ccccc1COC1=C(C)C=CC(C)C1. The lowest BCUT2D eigenvalue weighted by Gasteiger charge is -2.21. The van der Waals surface area contributed by atoms with Crippen molar-refractivity contribution in [2.75, 3.05) is 14.2 Å². The van der Waals surface area contributed by atoms with E-state index in [4.69, 9.17) is 9.47 Å². The minimum absolute atomic E-state index is 0.162. The van der Waals surface area contributed by atoms with E-state index in [1.807, 2.05) is 24.3 Å². The van der Waals surface area contributed by atoms with E-state index in [0.29, 0.717) is 12.5 Å². The van der Waals surface area contributed by atoms with E-state index in [0.717, 1.165) is 28.9 Å². The molecule has 2 rings (SSSR count). The van der Waals surface area contributed by atoms with Crippen molar-refractivity contribution in [1.82, 2.24) is 5.32 Å². The van der Waals surface area contributed by atoms with E-state index >= 15 is 0 Å². The number of rotatable bonds is 6. The van der Waals surface area contributed by atoms with Crippen LogP contribution in [0.2, 0.25) is 0 Å². The van der Waals surface area contributed by atoms with Gasteiger partial charge in [0.1, 0.15) is 6.61 Å². The van der Waals surface area contributed by atoms with Gasteiger partial charge in [-0.3, -0.25) is 4.79 Å². The van der Waals surface area contributed by atoms with E-state index in [9.17, 15) is 4.79 Å². The molecule has 23 heavy (non-hydrogen) atoms. The molecule has 4 nitrogen and oxygen atoms in total. The van der Waals surface area contributed by atoms with Crippen LogP contribution in [-0.4, -0.2) is 20.1 Å². The van der Waals surface area contributed by atoms with Gasteiger partial charge in [0.2, 0.25) is 0 Å². The smallest absolute Gasteiger partial charge is 0.253 e. The number of hydrogen-bond acceptors (Lipinski definition) is 3. The first kappa shape index (κ1) is 17.3. The lowest BCUT2D eigenvalue weighted by molar-refractivity contribution is -0.130. The number of methoxy groups -OCH3 is 1. The van der Waals surface area contributed by atoms with E-state index in [-0.39, 0.29) is 5.91 Å². The van der Waals surface area contributed by atoms with Crippen molar-refractivity contribution in [3.05, 3.63) is 58.9 Å². The van der Waals surface area contributed by atoms with Gasteiger partial charge in [-0.1, -0.05) is 43.3 Å². The third-order valence-electron chi connectivity index (χ3n) is 4.08. The summed E-state index contributed by atoms with van der Waals surface area (Å²) in [5.74, 6) is 1.34. The van der Waals surface area contributed by atoms with Crippen molar-refractivity contribution in [3.63, 3.8) is 0 Å². The van der Waals surface area contributed by atoms with Crippen molar-refractivity contribution in [2.24, 2.45) is 5.92 Å². The highest BCUT2D eigenvalue weighted by atomic mass is 16.5. The molecule has 124 valence electrons. The van der Waals surface area contributed by atoms with Gasteiger partial charge in [-0.2, -0.15) is 0 Å². The molecule has 0 saturated heterocycles. The van der Waals surface area contributed by atoms with Gasteiger partial charge < -0.3 is 14.8 Å². The topological polar surface area (TPSA) is 47.6 Å². The molecule has 0 bridgehead atoms. The Morgan fingerprint density at radius 1 is 1.39 bits per heavy atom. The van der Waals surface area contributed by atoms with Crippen LogP contribution in [0.25, 0.3) is 0 Å². The van der Waals surface area contributed by atoms with Crippen LogP contribution in [0.4, 0.5) is 0 Å². The molecule has 0 saturated carbocycles. The molecule has 1 N–H and O–H groups in total. The Balaban J connectivity index is 2.18. The molecule has 1 amide bonds. The lowest BCUT2D eigenvalue weighted by Crippen LogP contribution is -2.27. The minimum Gasteiger partial charge on any atom is -0.493 e. The van der Waals surface area contributed by atoms with Crippen LogP contribution in [0.15, 0.2) is 47.7 Å². The summed E-state index contributed by atoms with van der Waals surface area (Å²) >= 11 is 0. The maximum Gasteiger partial charge on any atom is 0.253 e. The third kappa shape index (κ3) is 4.23. The van der Waals surface area contributed by atoms with Gasteiger partial charge in [0.15, 0.2) is 6.10 Å². The summed E-state index contributed by atoms with van der Waals surface area (Å²) in [4.78, 5) is 12.0. The quantitative estimate of drug-likeness (QED) is 0.874. The predicted octanol–water partition coefficient (Wildman–Crippen LogP) is 3.51. The molecule has 0 radical (unpaired) electrons. The number of carbonyl (C=O) groups is 1. The summed E-state index contributed by atoms with van der Waals surface area (Å²) in [6, 6.07) is 7.74. The highest BCUT2D eigenvalue weighted by Gasteiger charge is 2.22. The normalized spacial score (nSPS) is 18.7. The number of allylic oxidation sites excluding steroid dienone is 4. The Morgan fingerprint density at radius 2 is 2.13 bits per heavy atom. The summed E-state index contributed by atoms with van der Waals surface area (Å²) in [7, 11) is 3.15. The van der Waals surface area contributed by atoms with Gasteiger partial charge in [-0.25, -0.2) is 0 Å². The van der Waals surface area contributed by atoms with Crippen LogP contribution in [0, 0.1) is 5.92 Å². The van der Waals surface area contributed by atoms with Crippen LogP contribution in [0.5, 0.6) is 0 Å². The van der Waals surface area contributed by atoms with Crippen molar-refractivity contribution < 1.29 is 14.3 Å². The molecule has 2 unspecified atom stereocenters. The van der Waals surface area contributed by atoms with E-state index in [1.165, 1.54) is 7.11 Å². The van der Waals surface area contributed by atoms with Crippen molar-refractivity contribution >= 4 is 5.91 Å². The van der Waals surface area contributed by atoms with Crippen LogP contribution in [0.1, 0.15) is 37.5 Å². The molecule has 1 aromatic carbocycles. The van der Waals surface area contributed by atoms with Crippen molar-refractivity contribution in [1.29, 1.82) is 0 Å². The zero-order valence-electron chi connectivity index (χ0n) is 14.3. The first-order valence-electron chi connectivity index (χ1n) is 7.89. The molecule has 0 aromatic heterocycles. The Hall–Kier alpha value is -2.07. The molecular formula is C19H25NO3. The number of ether oxygens (including phenoxy) is 2. The minimum atomic E-state index is -0.625. The predicted molar refractivity (Wildman–Crippen MR) is 90.7 cm³/mol. The zero-order chi connectivity index (χ0) is 16.8. The first-order chi connectivity index (χ1) is 11.1. The summed E-state index contributed by atoms with van der Waals surface area (Å²) in [6.45, 7) is 4.67. The molecule has 0 aliphatic heterocycles. The molecule has 4 heteroatoms. The Kier molecular flexibility index (Phi) is 5.99. The Labute approximate surface area is 138 Å². The average Bonchev–Trinajstić information content (AvgIpc) is 2.57. The lowest BCUT2D eigenvalue weighted by atomic mass is 9.97.